The number of rotatable bonds is 7. The van der Waals surface area contributed by atoms with Gasteiger partial charge in [-0.15, -0.1) is 11.3 Å². The van der Waals surface area contributed by atoms with Crippen LogP contribution in [0.2, 0.25) is 0 Å². The molecular weight excluding hydrogens is 458 g/mol. The molecule has 1 N–H and O–H groups in total. The third kappa shape index (κ3) is 4.16. The Bertz CT molecular complexity index is 1110. The smallest absolute Gasteiger partial charge is 0.317 e. The first-order valence-corrected chi connectivity index (χ1v) is 11.9. The number of hydrogen-bond donors (Lipinski definition) is 1. The fraction of sp³-hybridized carbons (Fsp3) is 0.400. The van der Waals surface area contributed by atoms with Crippen LogP contribution in [0.5, 0.6) is 17.2 Å². The second-order valence-electron chi connectivity index (χ2n) is 8.08. The van der Waals surface area contributed by atoms with Gasteiger partial charge in [0.1, 0.15) is 5.92 Å². The van der Waals surface area contributed by atoms with Crippen molar-refractivity contribution in [2.24, 2.45) is 5.92 Å². The molecule has 0 fully saturated rings. The number of ketones is 1. The molecule has 0 saturated heterocycles. The van der Waals surface area contributed by atoms with Gasteiger partial charge in [0, 0.05) is 34.4 Å². The van der Waals surface area contributed by atoms with Crippen LogP contribution >= 0.6 is 11.3 Å². The molecule has 0 unspecified atom stereocenters. The standard InChI is InChI=1S/C25H27NO7S/c1-5-33-25(29)22-15(19-7-6-8-34-19)11-16-21(23(22)28)14(12-20(27)26-16)13-9-17(30-2)24(32-4)18(10-13)31-3/h6-10,14-15,22H,5,11-12H2,1-4H3,(H,26,27)/t14-,15+,22-/m0/s1. The van der Waals surface area contributed by atoms with Crippen LogP contribution in [-0.4, -0.2) is 45.6 Å². The van der Waals surface area contributed by atoms with Gasteiger partial charge >= 0.3 is 5.97 Å². The summed E-state index contributed by atoms with van der Waals surface area (Å²) >= 11 is 1.48. The molecule has 1 aliphatic heterocycles. The molecule has 180 valence electrons. The Kier molecular flexibility index (Phi) is 6.92. The largest absolute Gasteiger partial charge is 0.493 e. The number of ether oxygens (including phenoxy) is 4. The summed E-state index contributed by atoms with van der Waals surface area (Å²) in [5, 5.41) is 4.80. The Morgan fingerprint density at radius 3 is 2.35 bits per heavy atom. The van der Waals surface area contributed by atoms with Crippen LogP contribution in [0, 0.1) is 5.92 Å². The molecule has 2 heterocycles. The molecule has 1 aromatic carbocycles. The van der Waals surface area contributed by atoms with Crippen molar-refractivity contribution in [2.75, 3.05) is 27.9 Å². The van der Waals surface area contributed by atoms with Gasteiger partial charge in [0.2, 0.25) is 11.7 Å². The number of benzene rings is 1. The average molecular weight is 486 g/mol. The molecule has 34 heavy (non-hydrogen) atoms. The maximum atomic E-state index is 13.9. The van der Waals surface area contributed by atoms with E-state index in [9.17, 15) is 14.4 Å². The van der Waals surface area contributed by atoms with Gasteiger partial charge in [-0.05, 0) is 42.5 Å². The van der Waals surface area contributed by atoms with E-state index < -0.39 is 23.7 Å². The van der Waals surface area contributed by atoms with Crippen molar-refractivity contribution < 1.29 is 33.3 Å². The number of allylic oxidation sites excluding steroid dienone is 2. The van der Waals surface area contributed by atoms with Crippen LogP contribution in [-0.2, 0) is 19.1 Å². The first-order chi connectivity index (χ1) is 16.4. The predicted molar refractivity (Wildman–Crippen MR) is 125 cm³/mol. The van der Waals surface area contributed by atoms with Crippen LogP contribution in [0.1, 0.15) is 42.0 Å². The van der Waals surface area contributed by atoms with E-state index >= 15 is 0 Å². The third-order valence-corrected chi connectivity index (χ3v) is 7.27. The van der Waals surface area contributed by atoms with E-state index in [1.54, 1.807) is 19.1 Å². The van der Waals surface area contributed by atoms with Crippen LogP contribution in [0.3, 0.4) is 0 Å². The zero-order chi connectivity index (χ0) is 24.4. The van der Waals surface area contributed by atoms with Crippen molar-refractivity contribution in [3.63, 3.8) is 0 Å². The molecule has 4 rings (SSSR count). The summed E-state index contributed by atoms with van der Waals surface area (Å²) in [5.74, 6) is -1.73. The number of carbonyl (C=O) groups is 3. The lowest BCUT2D eigenvalue weighted by Gasteiger charge is -2.37. The summed E-state index contributed by atoms with van der Waals surface area (Å²) in [6.45, 7) is 1.90. The van der Waals surface area contributed by atoms with E-state index in [4.69, 9.17) is 18.9 Å². The summed E-state index contributed by atoms with van der Waals surface area (Å²) in [7, 11) is 4.52. The van der Waals surface area contributed by atoms with Gasteiger partial charge in [0.05, 0.1) is 27.9 Å². The van der Waals surface area contributed by atoms with E-state index in [1.807, 2.05) is 17.5 Å². The minimum atomic E-state index is -0.975. The molecule has 2 aromatic rings. The highest BCUT2D eigenvalue weighted by atomic mass is 32.1. The quantitative estimate of drug-likeness (QED) is 0.473. The minimum Gasteiger partial charge on any atom is -0.493 e. The van der Waals surface area contributed by atoms with Crippen LogP contribution in [0.15, 0.2) is 40.9 Å². The number of esters is 1. The molecule has 8 nitrogen and oxygen atoms in total. The first-order valence-electron chi connectivity index (χ1n) is 11.0. The Morgan fingerprint density at radius 2 is 1.79 bits per heavy atom. The van der Waals surface area contributed by atoms with E-state index in [1.165, 1.54) is 32.7 Å². The van der Waals surface area contributed by atoms with Gasteiger partial charge < -0.3 is 24.3 Å². The number of carbonyl (C=O) groups excluding carboxylic acids is 3. The molecule has 9 heteroatoms. The third-order valence-electron chi connectivity index (χ3n) is 6.27. The van der Waals surface area contributed by atoms with E-state index in [-0.39, 0.29) is 24.7 Å². The van der Waals surface area contributed by atoms with Gasteiger partial charge in [-0.2, -0.15) is 0 Å². The molecule has 3 atom stereocenters. The molecule has 0 spiro atoms. The fourth-order valence-corrected chi connectivity index (χ4v) is 5.68. The van der Waals surface area contributed by atoms with E-state index in [0.29, 0.717) is 40.5 Å². The van der Waals surface area contributed by atoms with Gasteiger partial charge in [0.15, 0.2) is 17.3 Å². The topological polar surface area (TPSA) is 100 Å². The maximum Gasteiger partial charge on any atom is 0.317 e. The van der Waals surface area contributed by atoms with E-state index in [0.717, 1.165) is 4.88 Å². The van der Waals surface area contributed by atoms with Crippen LogP contribution in [0.25, 0.3) is 0 Å². The van der Waals surface area contributed by atoms with Crippen molar-refractivity contribution >= 4 is 29.0 Å². The molecule has 1 aromatic heterocycles. The predicted octanol–water partition coefficient (Wildman–Crippen LogP) is 3.57. The lowest BCUT2D eigenvalue weighted by Crippen LogP contribution is -2.44. The SMILES string of the molecule is CCOC(=O)[C@@H]1C(=O)C2=C(C[C@@H]1c1cccs1)NC(=O)C[C@H]2c1cc(OC)c(OC)c(OC)c1. The zero-order valence-electron chi connectivity index (χ0n) is 19.5. The number of thiophene rings is 1. The monoisotopic (exact) mass is 485 g/mol. The number of hydrogen-bond acceptors (Lipinski definition) is 8. The van der Waals surface area contributed by atoms with Crippen molar-refractivity contribution in [1.29, 1.82) is 0 Å². The molecule has 1 amide bonds. The Balaban J connectivity index is 1.85. The summed E-state index contributed by atoms with van der Waals surface area (Å²) in [4.78, 5) is 40.5. The molecule has 0 bridgehead atoms. The maximum absolute atomic E-state index is 13.9. The van der Waals surface area contributed by atoms with Crippen molar-refractivity contribution in [1.82, 2.24) is 5.32 Å². The molecule has 0 saturated carbocycles. The Morgan fingerprint density at radius 1 is 1.09 bits per heavy atom. The van der Waals surface area contributed by atoms with Crippen molar-refractivity contribution in [2.45, 2.75) is 31.6 Å². The Labute approximate surface area is 201 Å². The summed E-state index contributed by atoms with van der Waals surface area (Å²) in [6, 6.07) is 7.27. The van der Waals surface area contributed by atoms with Crippen LogP contribution < -0.4 is 19.5 Å². The summed E-state index contributed by atoms with van der Waals surface area (Å²) in [5.41, 5.74) is 1.65. The second kappa shape index (κ2) is 9.89. The highest BCUT2D eigenvalue weighted by molar-refractivity contribution is 7.10. The molecule has 2 aliphatic rings. The summed E-state index contributed by atoms with van der Waals surface area (Å²) < 4.78 is 21.7. The summed E-state index contributed by atoms with van der Waals surface area (Å²) in [6.07, 6.45) is 0.417. The lowest BCUT2D eigenvalue weighted by atomic mass is 9.69. The Hall–Kier alpha value is -3.33. The molecule has 0 radical (unpaired) electrons. The van der Waals surface area contributed by atoms with Crippen molar-refractivity contribution in [3.8, 4) is 17.2 Å². The van der Waals surface area contributed by atoms with E-state index in [2.05, 4.69) is 5.32 Å². The van der Waals surface area contributed by atoms with Crippen LogP contribution in [0.4, 0.5) is 0 Å². The number of amides is 1. The zero-order valence-corrected chi connectivity index (χ0v) is 20.3. The number of Topliss-reactive ketones (excluding diaryl/α,β-unsaturated/α-hetero) is 1. The highest BCUT2D eigenvalue weighted by Gasteiger charge is 2.48. The average Bonchev–Trinajstić information content (AvgIpc) is 3.37. The highest BCUT2D eigenvalue weighted by Crippen LogP contribution is 2.48. The lowest BCUT2D eigenvalue weighted by molar-refractivity contribution is -0.152. The van der Waals surface area contributed by atoms with Gasteiger partial charge in [-0.25, -0.2) is 0 Å². The van der Waals surface area contributed by atoms with Gasteiger partial charge in [-0.1, -0.05) is 6.07 Å². The van der Waals surface area contributed by atoms with Gasteiger partial charge in [0.25, 0.3) is 0 Å². The van der Waals surface area contributed by atoms with Crippen molar-refractivity contribution in [3.05, 3.63) is 51.4 Å². The normalized spacial score (nSPS) is 22.1. The number of nitrogens with one attached hydrogen (secondary N) is 1. The molecular formula is C25H27NO7S. The second-order valence-corrected chi connectivity index (χ2v) is 9.06. The fourth-order valence-electron chi connectivity index (χ4n) is 4.81. The minimum absolute atomic E-state index is 0.0580. The molecule has 1 aliphatic carbocycles. The van der Waals surface area contributed by atoms with Gasteiger partial charge in [-0.3, -0.25) is 14.4 Å². The number of methoxy groups -OCH3 is 3. The first kappa shape index (κ1) is 23.8.